The molecule has 22 heavy (non-hydrogen) atoms. The zero-order valence-electron chi connectivity index (χ0n) is 14.0. The van der Waals surface area contributed by atoms with Crippen LogP contribution in [0.15, 0.2) is 16.3 Å². The maximum absolute atomic E-state index is 12.2. The first-order chi connectivity index (χ1) is 9.95. The summed E-state index contributed by atoms with van der Waals surface area (Å²) in [6.45, 7) is 12.3. The summed E-state index contributed by atoms with van der Waals surface area (Å²) in [5, 5.41) is 0. The van der Waals surface area contributed by atoms with Gasteiger partial charge in [0.15, 0.2) is 0 Å². The van der Waals surface area contributed by atoms with Crippen LogP contribution < -0.4 is 9.50 Å². The lowest BCUT2D eigenvalue weighted by molar-refractivity contribution is 0.00578. The third-order valence-corrected chi connectivity index (χ3v) is 7.06. The number of thiophene rings is 1. The lowest BCUT2D eigenvalue weighted by Crippen LogP contribution is -2.41. The van der Waals surface area contributed by atoms with Crippen LogP contribution >= 0.6 is 11.3 Å². The Kier molecular flexibility index (Phi) is 4.82. The number of nitrogens with one attached hydrogen (secondary N) is 1. The molecule has 1 aliphatic rings. The zero-order valence-corrected chi connectivity index (χ0v) is 15.6. The summed E-state index contributed by atoms with van der Waals surface area (Å²) in [7, 11) is -3.99. The lowest BCUT2D eigenvalue weighted by Gasteiger charge is -2.32. The van der Waals surface area contributed by atoms with E-state index in [4.69, 9.17) is 9.31 Å². The first-order valence-corrected chi connectivity index (χ1v) is 9.70. The highest BCUT2D eigenvalue weighted by Crippen LogP contribution is 2.37. The molecule has 1 fully saturated rings. The molecule has 124 valence electrons. The van der Waals surface area contributed by atoms with Gasteiger partial charge in [-0.2, -0.15) is 0 Å². The van der Waals surface area contributed by atoms with Crippen molar-refractivity contribution < 1.29 is 17.7 Å². The molecule has 5 nitrogen and oxygen atoms in total. The van der Waals surface area contributed by atoms with E-state index < -0.39 is 28.3 Å². The van der Waals surface area contributed by atoms with Gasteiger partial charge in [0.2, 0.25) is 10.0 Å². The molecule has 0 amide bonds. The summed E-state index contributed by atoms with van der Waals surface area (Å²) in [5.74, 6) is 0.261. The highest BCUT2D eigenvalue weighted by Gasteiger charge is 2.52. The Morgan fingerprint density at radius 3 is 2.23 bits per heavy atom. The average molecular weight is 345 g/mol. The van der Waals surface area contributed by atoms with E-state index in [2.05, 4.69) is 4.72 Å². The molecular formula is C14H24BNO4S2. The first kappa shape index (κ1) is 17.9. The second-order valence-corrected chi connectivity index (χ2v) is 10.1. The molecule has 0 spiro atoms. The fraction of sp³-hybridized carbons (Fsp3) is 0.714. The molecule has 1 aromatic rings. The molecule has 0 aromatic carbocycles. The normalized spacial score (nSPS) is 20.8. The SMILES string of the molecule is CC(C)CNS(=O)(=O)c1ccc(B2OC(C)(C)C(C)(C)O2)s1. The predicted molar refractivity (Wildman–Crippen MR) is 90.1 cm³/mol. The van der Waals surface area contributed by atoms with Crippen LogP contribution in [0.4, 0.5) is 0 Å². The Bertz CT molecular complexity index is 621. The molecule has 0 aliphatic carbocycles. The van der Waals surface area contributed by atoms with Crippen LogP contribution in [-0.4, -0.2) is 33.3 Å². The molecule has 0 unspecified atom stereocenters. The molecular weight excluding hydrogens is 321 g/mol. The Morgan fingerprint density at radius 1 is 1.18 bits per heavy atom. The van der Waals surface area contributed by atoms with Crippen LogP contribution in [0, 0.1) is 5.92 Å². The lowest BCUT2D eigenvalue weighted by atomic mass is 9.88. The average Bonchev–Trinajstić information content (AvgIpc) is 2.91. The Hall–Kier alpha value is -0.405. The van der Waals surface area contributed by atoms with Gasteiger partial charge in [0.05, 0.1) is 11.2 Å². The molecule has 1 aromatic heterocycles. The van der Waals surface area contributed by atoms with Gasteiger partial charge >= 0.3 is 7.12 Å². The van der Waals surface area contributed by atoms with Crippen molar-refractivity contribution in [1.82, 2.24) is 4.72 Å². The van der Waals surface area contributed by atoms with E-state index in [9.17, 15) is 8.42 Å². The number of hydrogen-bond donors (Lipinski definition) is 1. The van der Waals surface area contributed by atoms with Gasteiger partial charge in [-0.25, -0.2) is 13.1 Å². The molecule has 2 heterocycles. The maximum Gasteiger partial charge on any atom is 0.505 e. The number of sulfonamides is 1. The van der Waals surface area contributed by atoms with Gasteiger partial charge < -0.3 is 9.31 Å². The summed E-state index contributed by atoms with van der Waals surface area (Å²) in [4.78, 5) is 0. The van der Waals surface area contributed by atoms with Gasteiger partial charge in [0.25, 0.3) is 0 Å². The molecule has 0 bridgehead atoms. The number of hydrogen-bond acceptors (Lipinski definition) is 5. The van der Waals surface area contributed by atoms with Crippen molar-refractivity contribution >= 4 is 33.3 Å². The summed E-state index contributed by atoms with van der Waals surface area (Å²) >= 11 is 1.19. The van der Waals surface area contributed by atoms with E-state index in [1.165, 1.54) is 11.3 Å². The third kappa shape index (κ3) is 3.57. The van der Waals surface area contributed by atoms with Crippen molar-refractivity contribution in [3.8, 4) is 0 Å². The van der Waals surface area contributed by atoms with Gasteiger partial charge in [-0.15, -0.1) is 11.3 Å². The van der Waals surface area contributed by atoms with Crippen molar-refractivity contribution in [3.63, 3.8) is 0 Å². The van der Waals surface area contributed by atoms with E-state index in [0.717, 1.165) is 4.78 Å². The topological polar surface area (TPSA) is 64.6 Å². The largest absolute Gasteiger partial charge is 0.505 e. The fourth-order valence-electron chi connectivity index (χ4n) is 1.91. The quantitative estimate of drug-likeness (QED) is 0.829. The summed E-state index contributed by atoms with van der Waals surface area (Å²) < 4.78 is 40.0. The minimum Gasteiger partial charge on any atom is -0.399 e. The predicted octanol–water partition coefficient (Wildman–Crippen LogP) is 1.98. The van der Waals surface area contributed by atoms with Crippen molar-refractivity contribution in [3.05, 3.63) is 12.1 Å². The van der Waals surface area contributed by atoms with Crippen LogP contribution in [0.1, 0.15) is 41.5 Å². The van der Waals surface area contributed by atoms with Crippen molar-refractivity contribution in [2.45, 2.75) is 57.0 Å². The van der Waals surface area contributed by atoms with E-state index in [1.54, 1.807) is 12.1 Å². The third-order valence-electron chi connectivity index (χ3n) is 4.03. The Morgan fingerprint density at radius 2 is 1.73 bits per heavy atom. The molecule has 0 saturated carbocycles. The van der Waals surface area contributed by atoms with Crippen LogP contribution in [0.5, 0.6) is 0 Å². The molecule has 2 rings (SSSR count). The second kappa shape index (κ2) is 5.90. The van der Waals surface area contributed by atoms with Gasteiger partial charge in [0.1, 0.15) is 4.21 Å². The highest BCUT2D eigenvalue weighted by molar-refractivity contribution is 7.91. The molecule has 0 radical (unpaired) electrons. The smallest absolute Gasteiger partial charge is 0.399 e. The van der Waals surface area contributed by atoms with Crippen LogP contribution in [0.2, 0.25) is 0 Å². The maximum atomic E-state index is 12.2. The van der Waals surface area contributed by atoms with Gasteiger partial charge in [-0.05, 0) is 39.7 Å². The van der Waals surface area contributed by atoms with E-state index in [1.807, 2.05) is 41.5 Å². The summed E-state index contributed by atoms with van der Waals surface area (Å²) in [6.07, 6.45) is 0. The zero-order chi connectivity index (χ0) is 16.8. The molecule has 1 aliphatic heterocycles. The molecule has 1 N–H and O–H groups in total. The van der Waals surface area contributed by atoms with Crippen LogP contribution in [0.25, 0.3) is 0 Å². The van der Waals surface area contributed by atoms with Crippen molar-refractivity contribution in [2.75, 3.05) is 6.54 Å². The van der Waals surface area contributed by atoms with Gasteiger partial charge in [-0.3, -0.25) is 0 Å². The van der Waals surface area contributed by atoms with E-state index in [-0.39, 0.29) is 10.1 Å². The van der Waals surface area contributed by atoms with E-state index in [0.29, 0.717) is 6.54 Å². The molecule has 0 atom stereocenters. The van der Waals surface area contributed by atoms with Crippen molar-refractivity contribution in [1.29, 1.82) is 0 Å². The standard InChI is InChI=1S/C14H24BNO4S2/c1-10(2)9-16-22(17,18)12-8-7-11(21-12)15-19-13(3,4)14(5,6)20-15/h7-8,10,16H,9H2,1-6H3. The Balaban J connectivity index is 2.16. The minimum absolute atomic E-state index is 0.261. The Labute approximate surface area is 137 Å². The van der Waals surface area contributed by atoms with Gasteiger partial charge in [0, 0.05) is 11.3 Å². The number of rotatable bonds is 5. The monoisotopic (exact) mass is 345 g/mol. The molecule has 1 saturated heterocycles. The van der Waals surface area contributed by atoms with E-state index >= 15 is 0 Å². The summed E-state index contributed by atoms with van der Waals surface area (Å²) in [6, 6.07) is 3.37. The summed E-state index contributed by atoms with van der Waals surface area (Å²) in [5.41, 5.74) is -0.868. The highest BCUT2D eigenvalue weighted by atomic mass is 32.2. The molecule has 8 heteroatoms. The van der Waals surface area contributed by atoms with Gasteiger partial charge in [-0.1, -0.05) is 19.9 Å². The van der Waals surface area contributed by atoms with Crippen LogP contribution in [-0.2, 0) is 19.3 Å². The van der Waals surface area contributed by atoms with Crippen LogP contribution in [0.3, 0.4) is 0 Å². The fourth-order valence-corrected chi connectivity index (χ4v) is 4.46. The van der Waals surface area contributed by atoms with Crippen molar-refractivity contribution in [2.24, 2.45) is 5.92 Å². The minimum atomic E-state index is -3.46. The second-order valence-electron chi connectivity index (χ2n) is 6.99. The first-order valence-electron chi connectivity index (χ1n) is 7.40.